The molecule has 0 saturated heterocycles. The lowest BCUT2D eigenvalue weighted by Gasteiger charge is -2.25. The fourth-order valence-corrected chi connectivity index (χ4v) is 3.99. The molecular weight excluding hydrogens is 434 g/mol. The van der Waals surface area contributed by atoms with E-state index in [1.165, 1.54) is 0 Å². The summed E-state index contributed by atoms with van der Waals surface area (Å²) in [6.07, 6.45) is 1.64. The van der Waals surface area contributed by atoms with Gasteiger partial charge in [0.1, 0.15) is 5.57 Å². The molecule has 0 aliphatic carbocycles. The first-order valence-corrected chi connectivity index (χ1v) is 11.8. The molecule has 0 unspecified atom stereocenters. The maximum absolute atomic E-state index is 12.5. The lowest BCUT2D eigenvalue weighted by Crippen LogP contribution is -2.34. The van der Waals surface area contributed by atoms with Crippen LogP contribution in [0.1, 0.15) is 19.4 Å². The average Bonchev–Trinajstić information content (AvgIpc) is 2.89. The summed E-state index contributed by atoms with van der Waals surface area (Å²) in [6, 6.07) is 32.8. The number of hydrogen-bond acceptors (Lipinski definition) is 3. The van der Waals surface area contributed by atoms with E-state index in [2.05, 4.69) is 58.0 Å². The Morgan fingerprint density at radius 3 is 1.71 bits per heavy atom. The fourth-order valence-electron chi connectivity index (χ4n) is 3.99. The zero-order chi connectivity index (χ0) is 24.6. The van der Waals surface area contributed by atoms with Gasteiger partial charge in [-0.2, -0.15) is 0 Å². The number of benzene rings is 4. The highest BCUT2D eigenvalue weighted by Crippen LogP contribution is 2.35. The minimum Gasteiger partial charge on any atom is -0.352 e. The number of carbonyl (C=O) groups excluding carboxylic acids is 2. The number of fused-ring (bicyclic) bond motifs is 1. The van der Waals surface area contributed by atoms with Gasteiger partial charge >= 0.3 is 0 Å². The molecule has 0 spiro atoms. The van der Waals surface area contributed by atoms with Gasteiger partial charge in [0.15, 0.2) is 0 Å². The van der Waals surface area contributed by atoms with E-state index < -0.39 is 0 Å². The largest absolute Gasteiger partial charge is 0.352 e. The Hall–Kier alpha value is -4.38. The van der Waals surface area contributed by atoms with Crippen LogP contribution in [0.25, 0.3) is 16.8 Å². The van der Waals surface area contributed by atoms with Gasteiger partial charge < -0.3 is 15.5 Å². The minimum absolute atomic E-state index is 0.101. The molecule has 4 rings (SSSR count). The lowest BCUT2D eigenvalue weighted by atomic mass is 10.0. The molecule has 0 saturated carbocycles. The molecule has 0 heterocycles. The fraction of sp³-hybridized carbons (Fsp3) is 0.133. The van der Waals surface area contributed by atoms with Crippen molar-refractivity contribution >= 4 is 45.7 Å². The van der Waals surface area contributed by atoms with Crippen LogP contribution in [0.4, 0.5) is 17.1 Å². The van der Waals surface area contributed by atoms with Gasteiger partial charge in [0, 0.05) is 30.2 Å². The molecule has 0 aliphatic heterocycles. The average molecular weight is 464 g/mol. The van der Waals surface area contributed by atoms with Gasteiger partial charge in [0.25, 0.3) is 11.8 Å². The molecule has 4 aromatic carbocycles. The molecule has 0 bridgehead atoms. The van der Waals surface area contributed by atoms with Gasteiger partial charge in [-0.05, 0) is 78.7 Å². The summed E-state index contributed by atoms with van der Waals surface area (Å²) in [4.78, 5) is 27.2. The summed E-state index contributed by atoms with van der Waals surface area (Å²) in [6.45, 7) is 4.56. The van der Waals surface area contributed by atoms with Gasteiger partial charge in [-0.15, -0.1) is 0 Å². The molecule has 0 aliphatic rings. The van der Waals surface area contributed by atoms with Crippen LogP contribution in [0.2, 0.25) is 0 Å². The summed E-state index contributed by atoms with van der Waals surface area (Å²) in [7, 11) is 0. The Morgan fingerprint density at radius 2 is 1.17 bits per heavy atom. The summed E-state index contributed by atoms with van der Waals surface area (Å²) in [5.74, 6) is -0.759. The van der Waals surface area contributed by atoms with E-state index in [9.17, 15) is 9.59 Å². The van der Waals surface area contributed by atoms with E-state index in [0.29, 0.717) is 13.1 Å². The van der Waals surface area contributed by atoms with Gasteiger partial charge in [-0.1, -0.05) is 54.6 Å². The minimum atomic E-state index is -0.379. The first-order chi connectivity index (χ1) is 17.1. The molecular formula is C30H29N3O2. The first-order valence-electron chi connectivity index (χ1n) is 11.8. The SMILES string of the molecule is CCNC(=O)C(=Cc1ccc2cc(N(c3ccccc3)c3ccccc3)ccc2c1)C(=O)NCC. The highest BCUT2D eigenvalue weighted by molar-refractivity contribution is 6.21. The van der Waals surface area contributed by atoms with Gasteiger partial charge in [0.2, 0.25) is 0 Å². The molecule has 0 aromatic heterocycles. The third-order valence-electron chi connectivity index (χ3n) is 5.61. The van der Waals surface area contributed by atoms with Crippen LogP contribution in [0.3, 0.4) is 0 Å². The summed E-state index contributed by atoms with van der Waals surface area (Å²) in [5.41, 5.74) is 4.09. The predicted molar refractivity (Wildman–Crippen MR) is 144 cm³/mol. The highest BCUT2D eigenvalue weighted by Gasteiger charge is 2.17. The Bertz CT molecular complexity index is 1290. The van der Waals surface area contributed by atoms with Crippen LogP contribution in [0, 0.1) is 0 Å². The van der Waals surface area contributed by atoms with Gasteiger partial charge in [-0.3, -0.25) is 9.59 Å². The zero-order valence-electron chi connectivity index (χ0n) is 20.0. The number of nitrogens with one attached hydrogen (secondary N) is 2. The quantitative estimate of drug-likeness (QED) is 0.192. The second-order valence-electron chi connectivity index (χ2n) is 8.07. The van der Waals surface area contributed by atoms with Crippen LogP contribution in [-0.2, 0) is 9.59 Å². The third kappa shape index (κ3) is 5.58. The molecule has 35 heavy (non-hydrogen) atoms. The molecule has 2 N–H and O–H groups in total. The van der Waals surface area contributed by atoms with Crippen LogP contribution >= 0.6 is 0 Å². The van der Waals surface area contributed by atoms with E-state index in [0.717, 1.165) is 33.4 Å². The van der Waals surface area contributed by atoms with Crippen LogP contribution in [0.5, 0.6) is 0 Å². The molecule has 0 atom stereocenters. The van der Waals surface area contributed by atoms with Crippen molar-refractivity contribution in [1.82, 2.24) is 10.6 Å². The molecule has 0 radical (unpaired) electrons. The van der Waals surface area contributed by atoms with Crippen molar-refractivity contribution in [1.29, 1.82) is 0 Å². The van der Waals surface area contributed by atoms with E-state index >= 15 is 0 Å². The van der Waals surface area contributed by atoms with Gasteiger partial charge in [-0.25, -0.2) is 0 Å². The van der Waals surface area contributed by atoms with Crippen molar-refractivity contribution in [2.24, 2.45) is 0 Å². The number of anilines is 3. The van der Waals surface area contributed by atoms with Crippen molar-refractivity contribution in [2.45, 2.75) is 13.8 Å². The molecule has 176 valence electrons. The van der Waals surface area contributed by atoms with E-state index in [1.54, 1.807) is 6.08 Å². The zero-order valence-corrected chi connectivity index (χ0v) is 20.0. The topological polar surface area (TPSA) is 61.4 Å². The normalized spacial score (nSPS) is 10.5. The lowest BCUT2D eigenvalue weighted by molar-refractivity contribution is -0.123. The van der Waals surface area contributed by atoms with E-state index in [4.69, 9.17) is 0 Å². The summed E-state index contributed by atoms with van der Waals surface area (Å²) in [5, 5.41) is 7.53. The monoisotopic (exact) mass is 463 g/mol. The van der Waals surface area contributed by atoms with Crippen LogP contribution in [0.15, 0.2) is 103 Å². The third-order valence-corrected chi connectivity index (χ3v) is 5.61. The smallest absolute Gasteiger partial charge is 0.256 e. The Balaban J connectivity index is 1.73. The van der Waals surface area contributed by atoms with Gasteiger partial charge in [0.05, 0.1) is 0 Å². The number of rotatable bonds is 8. The van der Waals surface area contributed by atoms with Crippen molar-refractivity contribution in [3.8, 4) is 0 Å². The maximum Gasteiger partial charge on any atom is 0.256 e. The predicted octanol–water partition coefficient (Wildman–Crippen LogP) is 5.97. The molecule has 4 aromatic rings. The second-order valence-corrected chi connectivity index (χ2v) is 8.07. The van der Waals surface area contributed by atoms with Crippen molar-refractivity contribution in [3.05, 3.63) is 108 Å². The number of carbonyl (C=O) groups is 2. The summed E-state index contributed by atoms with van der Waals surface area (Å²) >= 11 is 0. The Kier molecular flexibility index (Phi) is 7.58. The van der Waals surface area contributed by atoms with Crippen LogP contribution in [-0.4, -0.2) is 24.9 Å². The summed E-state index contributed by atoms with van der Waals surface area (Å²) < 4.78 is 0. The maximum atomic E-state index is 12.5. The number of amides is 2. The first kappa shape index (κ1) is 23.8. The highest BCUT2D eigenvalue weighted by atomic mass is 16.2. The number of nitrogens with zero attached hydrogens (tertiary/aromatic N) is 1. The van der Waals surface area contributed by atoms with Crippen molar-refractivity contribution < 1.29 is 9.59 Å². The van der Waals surface area contributed by atoms with Crippen LogP contribution < -0.4 is 15.5 Å². The Morgan fingerprint density at radius 1 is 0.657 bits per heavy atom. The number of likely N-dealkylation sites (N-methyl/N-ethyl adjacent to an activating group) is 2. The molecule has 5 nitrogen and oxygen atoms in total. The van der Waals surface area contributed by atoms with E-state index in [1.807, 2.05) is 68.4 Å². The Labute approximate surface area is 206 Å². The van der Waals surface area contributed by atoms with Crippen molar-refractivity contribution in [3.63, 3.8) is 0 Å². The molecule has 2 amide bonds. The number of hydrogen-bond donors (Lipinski definition) is 2. The van der Waals surface area contributed by atoms with E-state index in [-0.39, 0.29) is 17.4 Å². The second kappa shape index (κ2) is 11.2. The number of para-hydroxylation sites is 2. The molecule has 5 heteroatoms. The van der Waals surface area contributed by atoms with Crippen molar-refractivity contribution in [2.75, 3.05) is 18.0 Å². The standard InChI is InChI=1S/C30H29N3O2/c1-3-31-29(34)28(30(35)32-4-2)20-22-15-16-24-21-27(18-17-23(24)19-22)33(25-11-7-5-8-12-25)26-13-9-6-10-14-26/h5-21H,3-4H2,1-2H3,(H,31,34)(H,32,35). The molecule has 0 fully saturated rings.